The molecule has 1 atom stereocenters. The minimum atomic E-state index is 0.439. The van der Waals surface area contributed by atoms with Gasteiger partial charge in [0.2, 0.25) is 0 Å². The van der Waals surface area contributed by atoms with Gasteiger partial charge in [-0.15, -0.1) is 0 Å². The molecule has 0 radical (unpaired) electrons. The van der Waals surface area contributed by atoms with Gasteiger partial charge in [0, 0.05) is 6.04 Å². The van der Waals surface area contributed by atoms with E-state index in [1.54, 1.807) is 0 Å². The lowest BCUT2D eigenvalue weighted by atomic mass is 9.83. The minimum absolute atomic E-state index is 0.439. The zero-order valence-corrected chi connectivity index (χ0v) is 13.1. The van der Waals surface area contributed by atoms with Crippen LogP contribution in [0.4, 0.5) is 0 Å². The Morgan fingerprint density at radius 2 is 1.86 bits per heavy atom. The molecule has 1 heterocycles. The van der Waals surface area contributed by atoms with Gasteiger partial charge in [0.25, 0.3) is 0 Å². The van der Waals surface area contributed by atoms with Crippen LogP contribution in [-0.2, 0) is 0 Å². The number of hydrogen-bond donors (Lipinski definition) is 1. The fraction of sp³-hybridized carbons (Fsp3) is 0.667. The van der Waals surface area contributed by atoms with Crippen molar-refractivity contribution in [2.24, 2.45) is 5.92 Å². The van der Waals surface area contributed by atoms with Crippen molar-refractivity contribution in [3.8, 4) is 11.5 Å². The second-order valence-corrected chi connectivity index (χ2v) is 6.25. The summed E-state index contributed by atoms with van der Waals surface area (Å²) in [5.41, 5.74) is 1.34. The van der Waals surface area contributed by atoms with Crippen molar-refractivity contribution in [1.82, 2.24) is 5.32 Å². The first-order valence-electron chi connectivity index (χ1n) is 8.49. The lowest BCUT2D eigenvalue weighted by Crippen LogP contribution is -2.25. The van der Waals surface area contributed by atoms with Crippen LogP contribution >= 0.6 is 0 Å². The first-order valence-corrected chi connectivity index (χ1v) is 8.49. The van der Waals surface area contributed by atoms with Gasteiger partial charge in [-0.3, -0.25) is 0 Å². The molecular formula is C18H27NO2. The molecule has 1 aromatic carbocycles. The summed E-state index contributed by atoms with van der Waals surface area (Å²) in [6.07, 6.45) is 8.27. The highest BCUT2D eigenvalue weighted by molar-refractivity contribution is 5.44. The van der Waals surface area contributed by atoms with E-state index < -0.39 is 0 Å². The average molecular weight is 289 g/mol. The molecule has 1 fully saturated rings. The molecule has 1 N–H and O–H groups in total. The normalized spacial score (nSPS) is 20.2. The summed E-state index contributed by atoms with van der Waals surface area (Å²) in [6, 6.07) is 6.87. The Morgan fingerprint density at radius 1 is 1.10 bits per heavy atom. The highest BCUT2D eigenvalue weighted by Gasteiger charge is 2.21. The summed E-state index contributed by atoms with van der Waals surface area (Å²) in [7, 11) is 0. The van der Waals surface area contributed by atoms with Crippen molar-refractivity contribution in [3.05, 3.63) is 23.8 Å². The van der Waals surface area contributed by atoms with E-state index in [2.05, 4.69) is 30.4 Å². The fourth-order valence-corrected chi connectivity index (χ4v) is 3.62. The second kappa shape index (κ2) is 7.17. The van der Waals surface area contributed by atoms with Crippen LogP contribution in [0, 0.1) is 5.92 Å². The predicted octanol–water partition coefficient (Wildman–Crippen LogP) is 4.08. The second-order valence-electron chi connectivity index (χ2n) is 6.25. The third-order valence-corrected chi connectivity index (χ3v) is 4.71. The van der Waals surface area contributed by atoms with Gasteiger partial charge in [-0.05, 0) is 36.6 Å². The number of rotatable bonds is 5. The summed E-state index contributed by atoms with van der Waals surface area (Å²) in [5.74, 6) is 2.67. The molecule has 116 valence electrons. The van der Waals surface area contributed by atoms with E-state index in [0.29, 0.717) is 19.3 Å². The number of benzene rings is 1. The van der Waals surface area contributed by atoms with Crippen LogP contribution in [-0.4, -0.2) is 19.8 Å². The molecule has 0 bridgehead atoms. The monoisotopic (exact) mass is 289 g/mol. The maximum absolute atomic E-state index is 5.73. The molecule has 0 saturated heterocycles. The summed E-state index contributed by atoms with van der Waals surface area (Å²) in [4.78, 5) is 0. The quantitative estimate of drug-likeness (QED) is 0.886. The van der Waals surface area contributed by atoms with Gasteiger partial charge >= 0.3 is 0 Å². The van der Waals surface area contributed by atoms with Crippen LogP contribution in [0.2, 0.25) is 0 Å². The van der Waals surface area contributed by atoms with E-state index in [1.165, 1.54) is 44.1 Å². The Bertz CT molecular complexity index is 455. The number of fused-ring (bicyclic) bond motifs is 1. The van der Waals surface area contributed by atoms with Gasteiger partial charge in [-0.2, -0.15) is 0 Å². The molecule has 0 amide bonds. The highest BCUT2D eigenvalue weighted by Crippen LogP contribution is 2.36. The van der Waals surface area contributed by atoms with Crippen LogP contribution in [0.25, 0.3) is 0 Å². The van der Waals surface area contributed by atoms with E-state index in [0.717, 1.165) is 24.0 Å². The zero-order chi connectivity index (χ0) is 14.5. The van der Waals surface area contributed by atoms with Crippen molar-refractivity contribution >= 4 is 0 Å². The topological polar surface area (TPSA) is 30.5 Å². The van der Waals surface area contributed by atoms with Gasteiger partial charge in [0.1, 0.15) is 13.2 Å². The third-order valence-electron chi connectivity index (χ3n) is 4.71. The molecule has 3 heteroatoms. The van der Waals surface area contributed by atoms with Crippen LogP contribution in [0.5, 0.6) is 11.5 Å². The zero-order valence-electron chi connectivity index (χ0n) is 13.1. The van der Waals surface area contributed by atoms with Gasteiger partial charge in [-0.1, -0.05) is 45.1 Å². The van der Waals surface area contributed by atoms with Crippen molar-refractivity contribution in [3.63, 3.8) is 0 Å². The molecule has 2 aliphatic rings. The maximum Gasteiger partial charge on any atom is 0.161 e. The van der Waals surface area contributed by atoms with Gasteiger partial charge in [0.15, 0.2) is 11.5 Å². The standard InChI is InChI=1S/C18H27NO2/c1-2-19-16(12-14-6-4-3-5-7-14)15-8-9-17-18(13-15)21-11-10-20-17/h8-9,13-14,16,19H,2-7,10-12H2,1H3. The molecule has 0 spiro atoms. The van der Waals surface area contributed by atoms with E-state index in [1.807, 2.05) is 0 Å². The molecule has 1 aliphatic heterocycles. The average Bonchev–Trinajstić information content (AvgIpc) is 2.55. The Kier molecular flexibility index (Phi) is 5.02. The molecular weight excluding hydrogens is 262 g/mol. The first kappa shape index (κ1) is 14.7. The molecule has 1 aliphatic carbocycles. The predicted molar refractivity (Wildman–Crippen MR) is 85.0 cm³/mol. The first-order chi connectivity index (χ1) is 10.4. The van der Waals surface area contributed by atoms with E-state index in [9.17, 15) is 0 Å². The van der Waals surface area contributed by atoms with E-state index >= 15 is 0 Å². The van der Waals surface area contributed by atoms with Crippen molar-refractivity contribution in [2.75, 3.05) is 19.8 Å². The lowest BCUT2D eigenvalue weighted by molar-refractivity contribution is 0.171. The van der Waals surface area contributed by atoms with Gasteiger partial charge in [0.05, 0.1) is 0 Å². The Morgan fingerprint density at radius 3 is 2.62 bits per heavy atom. The smallest absolute Gasteiger partial charge is 0.161 e. The van der Waals surface area contributed by atoms with Crippen molar-refractivity contribution in [1.29, 1.82) is 0 Å². The molecule has 1 unspecified atom stereocenters. The summed E-state index contributed by atoms with van der Waals surface area (Å²) in [6.45, 7) is 4.51. The van der Waals surface area contributed by atoms with Crippen LogP contribution < -0.4 is 14.8 Å². The van der Waals surface area contributed by atoms with Crippen LogP contribution in [0.15, 0.2) is 18.2 Å². The highest BCUT2D eigenvalue weighted by atomic mass is 16.6. The molecule has 3 nitrogen and oxygen atoms in total. The van der Waals surface area contributed by atoms with E-state index in [4.69, 9.17) is 9.47 Å². The third kappa shape index (κ3) is 3.70. The largest absolute Gasteiger partial charge is 0.486 e. The van der Waals surface area contributed by atoms with E-state index in [-0.39, 0.29) is 0 Å². The van der Waals surface area contributed by atoms with Crippen LogP contribution in [0.1, 0.15) is 57.1 Å². The molecule has 0 aromatic heterocycles. The Balaban J connectivity index is 1.73. The summed E-state index contributed by atoms with van der Waals surface area (Å²) >= 11 is 0. The van der Waals surface area contributed by atoms with Crippen molar-refractivity contribution < 1.29 is 9.47 Å². The van der Waals surface area contributed by atoms with Crippen molar-refractivity contribution in [2.45, 2.75) is 51.5 Å². The van der Waals surface area contributed by atoms with Gasteiger partial charge < -0.3 is 14.8 Å². The summed E-state index contributed by atoms with van der Waals surface area (Å²) in [5, 5.41) is 3.66. The number of hydrogen-bond acceptors (Lipinski definition) is 3. The Labute approximate surface area is 128 Å². The Hall–Kier alpha value is -1.22. The lowest BCUT2D eigenvalue weighted by Gasteiger charge is -2.28. The maximum atomic E-state index is 5.73. The molecule has 3 rings (SSSR count). The number of ether oxygens (including phenoxy) is 2. The SMILES string of the molecule is CCNC(CC1CCCCC1)c1ccc2c(c1)OCCO2. The molecule has 1 saturated carbocycles. The van der Waals surface area contributed by atoms with Crippen LogP contribution in [0.3, 0.4) is 0 Å². The van der Waals surface area contributed by atoms with Gasteiger partial charge in [-0.25, -0.2) is 0 Å². The summed E-state index contributed by atoms with van der Waals surface area (Å²) < 4.78 is 11.4. The molecule has 21 heavy (non-hydrogen) atoms. The fourth-order valence-electron chi connectivity index (χ4n) is 3.62. The molecule has 1 aromatic rings. The minimum Gasteiger partial charge on any atom is -0.486 e. The number of nitrogens with one attached hydrogen (secondary N) is 1.